The van der Waals surface area contributed by atoms with Crippen molar-refractivity contribution in [3.63, 3.8) is 0 Å². The second-order valence-electron chi connectivity index (χ2n) is 6.66. The van der Waals surface area contributed by atoms with Gasteiger partial charge in [-0.2, -0.15) is 5.26 Å². The summed E-state index contributed by atoms with van der Waals surface area (Å²) in [6.07, 6.45) is -0.743. The van der Waals surface area contributed by atoms with Crippen LogP contribution in [-0.4, -0.2) is 30.3 Å². The first-order valence-corrected chi connectivity index (χ1v) is 10.6. The van der Waals surface area contributed by atoms with Crippen LogP contribution in [0.3, 0.4) is 0 Å². The number of carbonyl (C=O) groups is 2. The largest absolute Gasteiger partial charge is 0.452 e. The summed E-state index contributed by atoms with van der Waals surface area (Å²) in [7, 11) is 0. The molecular weight excluding hydrogens is 396 g/mol. The van der Waals surface area contributed by atoms with Gasteiger partial charge in [-0.05, 0) is 42.0 Å². The minimum Gasteiger partial charge on any atom is -0.452 e. The van der Waals surface area contributed by atoms with Crippen LogP contribution in [0, 0.1) is 11.3 Å². The maximum atomic E-state index is 12.8. The van der Waals surface area contributed by atoms with Crippen molar-refractivity contribution < 1.29 is 14.3 Å². The average Bonchev–Trinajstić information content (AvgIpc) is 2.78. The molecule has 0 fully saturated rings. The van der Waals surface area contributed by atoms with E-state index >= 15 is 0 Å². The lowest BCUT2D eigenvalue weighted by atomic mass is 10.1. The number of benzene rings is 3. The van der Waals surface area contributed by atoms with E-state index in [4.69, 9.17) is 10.00 Å². The minimum absolute atomic E-state index is 0.111. The molecule has 0 aliphatic heterocycles. The van der Waals surface area contributed by atoms with E-state index in [-0.39, 0.29) is 24.6 Å². The average molecular weight is 419 g/mol. The third-order valence-electron chi connectivity index (χ3n) is 4.51. The third-order valence-corrected chi connectivity index (χ3v) is 5.48. The molecule has 0 aliphatic carbocycles. The van der Waals surface area contributed by atoms with Gasteiger partial charge in [0, 0.05) is 17.1 Å². The van der Waals surface area contributed by atoms with Crippen molar-refractivity contribution in [2.45, 2.75) is 24.3 Å². The molecule has 0 aliphatic rings. The molecule has 3 aromatic rings. The van der Waals surface area contributed by atoms with Gasteiger partial charge in [0.25, 0.3) is 5.91 Å². The summed E-state index contributed by atoms with van der Waals surface area (Å²) in [5.41, 5.74) is 0.672. The fraction of sp³-hybridized carbons (Fsp3) is 0.208. The van der Waals surface area contributed by atoms with Gasteiger partial charge in [-0.25, -0.2) is 0 Å². The Morgan fingerprint density at radius 2 is 1.73 bits per heavy atom. The van der Waals surface area contributed by atoms with Crippen LogP contribution >= 0.6 is 11.8 Å². The molecule has 0 N–H and O–H groups in total. The number of carbonyl (C=O) groups excluding carboxylic acids is 2. The molecule has 0 saturated carbocycles. The van der Waals surface area contributed by atoms with Crippen LogP contribution in [-0.2, 0) is 14.3 Å². The highest BCUT2D eigenvalue weighted by molar-refractivity contribution is 8.00. The van der Waals surface area contributed by atoms with E-state index in [2.05, 4.69) is 0 Å². The SMILES string of the molecule is C[C@@H](OC(=O)CSc1ccc2ccccc2c1)C(=O)N(CCC#N)c1ccccc1. The van der Waals surface area contributed by atoms with Gasteiger partial charge in [0.05, 0.1) is 18.2 Å². The van der Waals surface area contributed by atoms with Gasteiger partial charge < -0.3 is 9.64 Å². The van der Waals surface area contributed by atoms with E-state index in [0.29, 0.717) is 5.69 Å². The number of ether oxygens (including phenoxy) is 1. The van der Waals surface area contributed by atoms with E-state index in [1.54, 1.807) is 19.1 Å². The highest BCUT2D eigenvalue weighted by atomic mass is 32.2. The zero-order chi connectivity index (χ0) is 21.3. The van der Waals surface area contributed by atoms with Gasteiger partial charge in [-0.15, -0.1) is 11.8 Å². The molecule has 1 amide bonds. The molecule has 6 heteroatoms. The second-order valence-corrected chi connectivity index (χ2v) is 7.71. The minimum atomic E-state index is -0.936. The second kappa shape index (κ2) is 10.5. The van der Waals surface area contributed by atoms with Crippen molar-refractivity contribution in [2.24, 2.45) is 0 Å². The fourth-order valence-corrected chi connectivity index (χ4v) is 3.76. The predicted octanol–water partition coefficient (Wildman–Crippen LogP) is 4.81. The van der Waals surface area contributed by atoms with Gasteiger partial charge in [0.15, 0.2) is 6.10 Å². The topological polar surface area (TPSA) is 70.4 Å². The fourth-order valence-electron chi connectivity index (χ4n) is 3.04. The smallest absolute Gasteiger partial charge is 0.317 e. The molecule has 1 atom stereocenters. The lowest BCUT2D eigenvalue weighted by Crippen LogP contribution is -2.41. The Kier molecular flexibility index (Phi) is 7.47. The molecule has 0 saturated heterocycles. The normalized spacial score (nSPS) is 11.5. The van der Waals surface area contributed by atoms with E-state index in [9.17, 15) is 9.59 Å². The van der Waals surface area contributed by atoms with Gasteiger partial charge in [0.2, 0.25) is 0 Å². The van der Waals surface area contributed by atoms with Crippen LogP contribution in [0.1, 0.15) is 13.3 Å². The Labute approximate surface area is 180 Å². The van der Waals surface area contributed by atoms with E-state index < -0.39 is 12.1 Å². The highest BCUT2D eigenvalue weighted by Gasteiger charge is 2.25. The van der Waals surface area contributed by atoms with Crippen LogP contribution in [0.5, 0.6) is 0 Å². The number of amides is 1. The molecule has 0 bridgehead atoms. The summed E-state index contributed by atoms with van der Waals surface area (Å²) in [5, 5.41) is 11.1. The summed E-state index contributed by atoms with van der Waals surface area (Å²) in [5.74, 6) is -0.692. The molecule has 5 nitrogen and oxygen atoms in total. The number of thioether (sulfide) groups is 1. The Morgan fingerprint density at radius 3 is 2.47 bits per heavy atom. The summed E-state index contributed by atoms with van der Waals surface area (Å²) < 4.78 is 5.37. The van der Waals surface area contributed by atoms with Crippen LogP contribution in [0.2, 0.25) is 0 Å². The van der Waals surface area contributed by atoms with Crippen molar-refractivity contribution in [1.29, 1.82) is 5.26 Å². The number of nitriles is 1. The van der Waals surface area contributed by atoms with Crippen LogP contribution in [0.4, 0.5) is 5.69 Å². The summed E-state index contributed by atoms with van der Waals surface area (Å²) >= 11 is 1.37. The molecule has 152 valence electrons. The number of fused-ring (bicyclic) bond motifs is 1. The monoisotopic (exact) mass is 418 g/mol. The van der Waals surface area contributed by atoms with E-state index in [1.165, 1.54) is 16.7 Å². The standard InChI is InChI=1S/C24H22N2O3S/c1-18(24(28)26(15-7-14-25)21-10-3-2-4-11-21)29-23(27)17-30-22-13-12-19-8-5-6-9-20(19)16-22/h2-6,8-13,16,18H,7,15,17H2,1H3/t18-/m1/s1. The molecule has 0 radical (unpaired) electrons. The Balaban J connectivity index is 1.58. The molecule has 0 unspecified atom stereocenters. The number of nitrogens with zero attached hydrogens (tertiary/aromatic N) is 2. The lowest BCUT2D eigenvalue weighted by Gasteiger charge is -2.25. The number of esters is 1. The van der Waals surface area contributed by atoms with Crippen molar-refractivity contribution in [1.82, 2.24) is 0 Å². The van der Waals surface area contributed by atoms with Crippen molar-refractivity contribution >= 4 is 40.1 Å². The Morgan fingerprint density at radius 1 is 1.03 bits per heavy atom. The molecular formula is C24H22N2O3S. The van der Waals surface area contributed by atoms with E-state index in [0.717, 1.165) is 15.7 Å². The van der Waals surface area contributed by atoms with Gasteiger partial charge in [-0.1, -0.05) is 48.5 Å². The van der Waals surface area contributed by atoms with Crippen LogP contribution in [0.15, 0.2) is 77.7 Å². The quantitative estimate of drug-likeness (QED) is 0.388. The maximum Gasteiger partial charge on any atom is 0.317 e. The van der Waals surface area contributed by atoms with Crippen molar-refractivity contribution in [2.75, 3.05) is 17.2 Å². The third kappa shape index (κ3) is 5.62. The van der Waals surface area contributed by atoms with Crippen LogP contribution in [0.25, 0.3) is 10.8 Å². The number of para-hydroxylation sites is 1. The first-order chi connectivity index (χ1) is 14.6. The summed E-state index contributed by atoms with van der Waals surface area (Å²) in [4.78, 5) is 27.6. The first-order valence-electron chi connectivity index (χ1n) is 9.63. The first kappa shape index (κ1) is 21.4. The number of anilines is 1. The molecule has 3 aromatic carbocycles. The number of rotatable bonds is 8. The zero-order valence-corrected chi connectivity index (χ0v) is 17.5. The maximum absolute atomic E-state index is 12.8. The number of hydrogen-bond donors (Lipinski definition) is 0. The summed E-state index contributed by atoms with van der Waals surface area (Å²) in [6, 6.07) is 25.2. The Hall–Kier alpha value is -3.30. The zero-order valence-electron chi connectivity index (χ0n) is 16.7. The van der Waals surface area contributed by atoms with Crippen molar-refractivity contribution in [3.05, 3.63) is 72.8 Å². The van der Waals surface area contributed by atoms with Gasteiger partial charge in [-0.3, -0.25) is 9.59 Å². The highest BCUT2D eigenvalue weighted by Crippen LogP contribution is 2.24. The van der Waals surface area contributed by atoms with E-state index in [1.807, 2.05) is 66.7 Å². The lowest BCUT2D eigenvalue weighted by molar-refractivity contribution is -0.151. The molecule has 3 rings (SSSR count). The number of hydrogen-bond acceptors (Lipinski definition) is 5. The molecule has 0 aromatic heterocycles. The van der Waals surface area contributed by atoms with Crippen LogP contribution < -0.4 is 4.90 Å². The van der Waals surface area contributed by atoms with Crippen molar-refractivity contribution in [3.8, 4) is 6.07 Å². The Bertz CT molecular complexity index is 1060. The predicted molar refractivity (Wildman–Crippen MR) is 119 cm³/mol. The van der Waals surface area contributed by atoms with Gasteiger partial charge in [0.1, 0.15) is 0 Å². The summed E-state index contributed by atoms with van der Waals surface area (Å²) in [6.45, 7) is 1.80. The van der Waals surface area contributed by atoms with Gasteiger partial charge >= 0.3 is 5.97 Å². The molecule has 0 heterocycles. The molecule has 30 heavy (non-hydrogen) atoms. The molecule has 0 spiro atoms.